The largest absolute Gasteiger partial charge is 0.481 e. The van der Waals surface area contributed by atoms with E-state index < -0.39 is 16.0 Å². The van der Waals surface area contributed by atoms with Crippen molar-refractivity contribution in [2.24, 2.45) is 17.8 Å². The molecule has 5 nitrogen and oxygen atoms in total. The molecule has 0 amide bonds. The van der Waals surface area contributed by atoms with Crippen molar-refractivity contribution >= 4 is 16.0 Å². The third kappa shape index (κ3) is 5.23. The van der Waals surface area contributed by atoms with Crippen LogP contribution in [-0.2, 0) is 14.8 Å². The van der Waals surface area contributed by atoms with E-state index in [4.69, 9.17) is 5.11 Å². The smallest absolute Gasteiger partial charge is 0.303 e. The van der Waals surface area contributed by atoms with Gasteiger partial charge in [-0.3, -0.25) is 4.79 Å². The number of carboxylic acids is 1. The van der Waals surface area contributed by atoms with Crippen LogP contribution in [0.4, 0.5) is 0 Å². The molecule has 0 heterocycles. The topological polar surface area (TPSA) is 83.5 Å². The molecule has 1 aromatic rings. The van der Waals surface area contributed by atoms with E-state index in [1.54, 1.807) is 12.1 Å². The normalized spacial score (nSPS) is 27.3. The number of carboxylic acid groups (broad SMARTS) is 1. The second-order valence-electron chi connectivity index (χ2n) is 8.29. The fourth-order valence-corrected chi connectivity index (χ4v) is 6.16. The fraction of sp³-hybridized carbons (Fsp3) is 0.591. The van der Waals surface area contributed by atoms with E-state index in [9.17, 15) is 13.2 Å². The van der Waals surface area contributed by atoms with Gasteiger partial charge in [0.25, 0.3) is 0 Å². The van der Waals surface area contributed by atoms with Crippen LogP contribution in [0.1, 0.15) is 56.9 Å². The van der Waals surface area contributed by atoms with Gasteiger partial charge >= 0.3 is 5.97 Å². The summed E-state index contributed by atoms with van der Waals surface area (Å²) >= 11 is 0. The lowest BCUT2D eigenvalue weighted by molar-refractivity contribution is -0.137. The van der Waals surface area contributed by atoms with E-state index in [1.165, 1.54) is 12.8 Å². The molecule has 2 bridgehead atoms. The first-order valence-corrected chi connectivity index (χ1v) is 11.8. The Morgan fingerprint density at radius 1 is 1.11 bits per heavy atom. The van der Waals surface area contributed by atoms with Crippen molar-refractivity contribution in [2.75, 3.05) is 0 Å². The molecule has 0 radical (unpaired) electrons. The van der Waals surface area contributed by atoms with Gasteiger partial charge in [0.1, 0.15) is 0 Å². The molecular weight excluding hydrogens is 374 g/mol. The Labute approximate surface area is 168 Å². The van der Waals surface area contributed by atoms with Crippen molar-refractivity contribution in [1.82, 2.24) is 4.72 Å². The molecule has 154 valence electrons. The predicted molar refractivity (Wildman–Crippen MR) is 109 cm³/mol. The minimum atomic E-state index is -3.52. The first-order valence-electron chi connectivity index (χ1n) is 10.3. The number of hydrogen-bond acceptors (Lipinski definition) is 3. The Bertz CT molecular complexity index is 792. The highest BCUT2D eigenvalue weighted by Gasteiger charge is 2.44. The van der Waals surface area contributed by atoms with Crippen LogP contribution in [0.15, 0.2) is 41.3 Å². The Hall–Kier alpha value is -1.66. The van der Waals surface area contributed by atoms with Crippen LogP contribution in [0.3, 0.4) is 0 Å². The molecule has 28 heavy (non-hydrogen) atoms. The predicted octanol–water partition coefficient (Wildman–Crippen LogP) is 4.28. The lowest BCUT2D eigenvalue weighted by Crippen LogP contribution is -2.53. The van der Waals surface area contributed by atoms with Crippen molar-refractivity contribution in [3.8, 4) is 0 Å². The van der Waals surface area contributed by atoms with Crippen LogP contribution in [-0.4, -0.2) is 25.5 Å². The molecule has 2 atom stereocenters. The summed E-state index contributed by atoms with van der Waals surface area (Å²) in [4.78, 5) is 10.9. The number of sulfonamides is 1. The third-order valence-corrected chi connectivity index (χ3v) is 7.83. The van der Waals surface area contributed by atoms with E-state index >= 15 is 0 Å². The van der Waals surface area contributed by atoms with Gasteiger partial charge in [-0.05, 0) is 81.8 Å². The van der Waals surface area contributed by atoms with E-state index in [0.717, 1.165) is 31.2 Å². The van der Waals surface area contributed by atoms with Gasteiger partial charge in [-0.25, -0.2) is 13.1 Å². The molecule has 2 N–H and O–H groups in total. The maximum absolute atomic E-state index is 12.9. The van der Waals surface area contributed by atoms with Crippen LogP contribution in [0, 0.1) is 24.7 Å². The van der Waals surface area contributed by atoms with Gasteiger partial charge in [-0.2, -0.15) is 0 Å². The summed E-state index contributed by atoms with van der Waals surface area (Å²) < 4.78 is 28.9. The SMILES string of the molecule is Cc1ccc(S(=O)(=O)N[C@H]2C3CCC(CC3)[C@@H]2CC=CCCCC(=O)O)cc1. The maximum Gasteiger partial charge on any atom is 0.303 e. The molecule has 6 heteroatoms. The summed E-state index contributed by atoms with van der Waals surface area (Å²) in [6.45, 7) is 1.95. The first kappa shape index (κ1) is 21.1. The number of aliphatic carboxylic acids is 1. The molecule has 4 rings (SSSR count). The number of rotatable bonds is 9. The van der Waals surface area contributed by atoms with Crippen LogP contribution in [0.25, 0.3) is 0 Å². The lowest BCUT2D eigenvalue weighted by Gasteiger charge is -2.48. The average molecular weight is 406 g/mol. The zero-order valence-electron chi connectivity index (χ0n) is 16.5. The second kappa shape index (κ2) is 9.23. The molecule has 0 spiro atoms. The minimum Gasteiger partial charge on any atom is -0.481 e. The summed E-state index contributed by atoms with van der Waals surface area (Å²) in [5, 5.41) is 8.71. The average Bonchev–Trinajstić information content (AvgIpc) is 2.66. The molecule has 3 saturated carbocycles. The van der Waals surface area contributed by atoms with Gasteiger partial charge < -0.3 is 5.11 Å². The molecule has 1 aromatic carbocycles. The van der Waals surface area contributed by atoms with Gasteiger partial charge in [-0.1, -0.05) is 29.8 Å². The zero-order chi connectivity index (χ0) is 20.1. The zero-order valence-corrected chi connectivity index (χ0v) is 17.3. The van der Waals surface area contributed by atoms with E-state index in [2.05, 4.69) is 16.9 Å². The van der Waals surface area contributed by atoms with Crippen molar-refractivity contribution in [2.45, 2.75) is 69.2 Å². The van der Waals surface area contributed by atoms with Crippen LogP contribution in [0.2, 0.25) is 0 Å². The quantitative estimate of drug-likeness (QED) is 0.474. The van der Waals surface area contributed by atoms with Gasteiger partial charge in [0.15, 0.2) is 0 Å². The summed E-state index contributed by atoms with van der Waals surface area (Å²) in [5.41, 5.74) is 1.04. The molecule has 3 aliphatic carbocycles. The maximum atomic E-state index is 12.9. The molecule has 3 fully saturated rings. The Morgan fingerprint density at radius 2 is 1.75 bits per heavy atom. The number of carbonyl (C=O) groups is 1. The van der Waals surface area contributed by atoms with Crippen molar-refractivity contribution in [3.63, 3.8) is 0 Å². The number of hydrogen-bond donors (Lipinski definition) is 2. The van der Waals surface area contributed by atoms with E-state index in [0.29, 0.717) is 29.1 Å². The van der Waals surface area contributed by atoms with Crippen LogP contribution >= 0.6 is 0 Å². The summed E-state index contributed by atoms with van der Waals surface area (Å²) in [5.74, 6) is 0.544. The standard InChI is InChI=1S/C22H31NO4S/c1-16-8-14-19(15-9-16)28(26,27)23-22-18-12-10-17(11-13-18)20(22)6-4-2-3-5-7-21(24)25/h2,4,8-9,14-15,17-18,20,22-23H,3,5-7,10-13H2,1H3,(H,24,25)/t17?,18?,20-,22-/m0/s1. The molecule has 0 aromatic heterocycles. The van der Waals surface area contributed by atoms with Gasteiger partial charge in [-0.15, -0.1) is 0 Å². The lowest BCUT2D eigenvalue weighted by atomic mass is 9.61. The van der Waals surface area contributed by atoms with E-state index in [1.807, 2.05) is 19.1 Å². The van der Waals surface area contributed by atoms with Crippen LogP contribution in [0.5, 0.6) is 0 Å². The van der Waals surface area contributed by atoms with E-state index in [-0.39, 0.29) is 12.5 Å². The molecule has 0 aliphatic heterocycles. The highest BCUT2D eigenvalue weighted by atomic mass is 32.2. The first-order chi connectivity index (χ1) is 13.4. The third-order valence-electron chi connectivity index (χ3n) is 6.35. The summed E-state index contributed by atoms with van der Waals surface area (Å²) in [6, 6.07) is 7.01. The number of unbranched alkanes of at least 4 members (excludes halogenated alkanes) is 1. The summed E-state index contributed by atoms with van der Waals surface area (Å²) in [6.07, 6.45) is 11.2. The highest BCUT2D eigenvalue weighted by Crippen LogP contribution is 2.47. The van der Waals surface area contributed by atoms with Crippen LogP contribution < -0.4 is 4.72 Å². The van der Waals surface area contributed by atoms with Gasteiger partial charge in [0, 0.05) is 12.5 Å². The number of aryl methyl sites for hydroxylation is 1. The molecule has 0 unspecified atom stereocenters. The van der Waals surface area contributed by atoms with Crippen molar-refractivity contribution in [1.29, 1.82) is 0 Å². The number of benzene rings is 1. The monoisotopic (exact) mass is 405 g/mol. The number of fused-ring (bicyclic) bond motifs is 3. The highest BCUT2D eigenvalue weighted by molar-refractivity contribution is 7.89. The summed E-state index contributed by atoms with van der Waals surface area (Å²) in [7, 11) is -3.52. The Balaban J connectivity index is 1.66. The Kier molecular flexibility index (Phi) is 6.94. The van der Waals surface area contributed by atoms with Gasteiger partial charge in [0.05, 0.1) is 4.90 Å². The number of nitrogens with one attached hydrogen (secondary N) is 1. The Morgan fingerprint density at radius 3 is 2.39 bits per heavy atom. The minimum absolute atomic E-state index is 0.0116. The van der Waals surface area contributed by atoms with Gasteiger partial charge in [0.2, 0.25) is 10.0 Å². The number of allylic oxidation sites excluding steroid dienone is 2. The van der Waals surface area contributed by atoms with Crippen molar-refractivity contribution < 1.29 is 18.3 Å². The molecular formula is C22H31NO4S. The second-order valence-corrected chi connectivity index (χ2v) is 10.0. The fourth-order valence-electron chi connectivity index (χ4n) is 4.80. The molecule has 3 aliphatic rings. The van der Waals surface area contributed by atoms with Crippen molar-refractivity contribution in [3.05, 3.63) is 42.0 Å². The molecule has 0 saturated heterocycles.